The van der Waals surface area contributed by atoms with Crippen molar-refractivity contribution in [2.75, 3.05) is 18.0 Å². The standard InChI is InChI=1S/C17H18N4O/c1-20-13-19-15(11-16(20)22)21-9-7-17(12-18,8-10-21)14-5-3-2-4-6-14/h2-6,11,13H,7-10H2,1H3. The largest absolute Gasteiger partial charge is 0.356 e. The van der Waals surface area contributed by atoms with E-state index in [1.54, 1.807) is 19.4 Å². The number of aromatic nitrogens is 2. The van der Waals surface area contributed by atoms with E-state index in [0.29, 0.717) is 5.82 Å². The fourth-order valence-corrected chi connectivity index (χ4v) is 2.96. The van der Waals surface area contributed by atoms with Gasteiger partial charge in [0.25, 0.3) is 5.56 Å². The molecule has 2 aromatic rings. The van der Waals surface area contributed by atoms with E-state index in [2.05, 4.69) is 16.0 Å². The fraction of sp³-hybridized carbons (Fsp3) is 0.353. The fourth-order valence-electron chi connectivity index (χ4n) is 2.96. The molecule has 5 nitrogen and oxygen atoms in total. The van der Waals surface area contributed by atoms with Crippen molar-refractivity contribution in [1.29, 1.82) is 5.26 Å². The molecule has 1 saturated heterocycles. The Balaban J connectivity index is 1.81. The molecule has 3 rings (SSSR count). The van der Waals surface area contributed by atoms with Gasteiger partial charge in [0.15, 0.2) is 0 Å². The van der Waals surface area contributed by atoms with Crippen LogP contribution >= 0.6 is 0 Å². The van der Waals surface area contributed by atoms with Crippen LogP contribution in [0.25, 0.3) is 0 Å². The maximum absolute atomic E-state index is 11.7. The molecule has 0 radical (unpaired) electrons. The number of nitrogens with zero attached hydrogens (tertiary/aromatic N) is 4. The van der Waals surface area contributed by atoms with E-state index in [1.165, 1.54) is 4.57 Å². The quantitative estimate of drug-likeness (QED) is 0.848. The summed E-state index contributed by atoms with van der Waals surface area (Å²) in [6.45, 7) is 1.45. The summed E-state index contributed by atoms with van der Waals surface area (Å²) >= 11 is 0. The highest BCUT2D eigenvalue weighted by molar-refractivity contribution is 5.41. The number of benzene rings is 1. The molecule has 5 heteroatoms. The van der Waals surface area contributed by atoms with E-state index in [4.69, 9.17) is 0 Å². The summed E-state index contributed by atoms with van der Waals surface area (Å²) in [5.41, 5.74) is 0.580. The number of nitriles is 1. The van der Waals surface area contributed by atoms with Gasteiger partial charge in [-0.1, -0.05) is 30.3 Å². The van der Waals surface area contributed by atoms with Crippen molar-refractivity contribution >= 4 is 5.82 Å². The minimum Gasteiger partial charge on any atom is -0.356 e. The zero-order valence-corrected chi connectivity index (χ0v) is 12.6. The van der Waals surface area contributed by atoms with Gasteiger partial charge in [0.2, 0.25) is 0 Å². The summed E-state index contributed by atoms with van der Waals surface area (Å²) in [6.07, 6.45) is 3.02. The van der Waals surface area contributed by atoms with Crippen molar-refractivity contribution in [3.05, 3.63) is 58.6 Å². The molecule has 1 aliphatic heterocycles. The molecule has 0 unspecified atom stereocenters. The highest BCUT2D eigenvalue weighted by Gasteiger charge is 2.36. The molecule has 0 aliphatic carbocycles. The molecule has 0 amide bonds. The smallest absolute Gasteiger partial charge is 0.255 e. The van der Waals surface area contributed by atoms with E-state index in [1.807, 2.05) is 30.3 Å². The van der Waals surface area contributed by atoms with Crippen LogP contribution in [-0.4, -0.2) is 22.6 Å². The zero-order chi connectivity index (χ0) is 15.6. The Bertz CT molecular complexity index is 752. The molecule has 1 aliphatic rings. The molecule has 0 N–H and O–H groups in total. The van der Waals surface area contributed by atoms with Crippen LogP contribution in [0.4, 0.5) is 5.82 Å². The first-order valence-electron chi connectivity index (χ1n) is 7.39. The molecule has 1 aromatic heterocycles. The van der Waals surface area contributed by atoms with Gasteiger partial charge in [-0.3, -0.25) is 4.79 Å². The molecule has 2 heterocycles. The van der Waals surface area contributed by atoms with Crippen molar-refractivity contribution in [3.63, 3.8) is 0 Å². The van der Waals surface area contributed by atoms with Gasteiger partial charge in [0.1, 0.15) is 5.82 Å². The van der Waals surface area contributed by atoms with Crippen LogP contribution in [0.3, 0.4) is 0 Å². The number of aryl methyl sites for hydroxylation is 1. The first-order chi connectivity index (χ1) is 10.6. The van der Waals surface area contributed by atoms with Crippen LogP contribution in [0.15, 0.2) is 47.5 Å². The Kier molecular flexibility index (Phi) is 3.68. The molecule has 1 aromatic carbocycles. The van der Waals surface area contributed by atoms with Gasteiger partial charge in [-0.2, -0.15) is 5.26 Å². The van der Waals surface area contributed by atoms with Gasteiger partial charge < -0.3 is 9.47 Å². The molecule has 0 atom stereocenters. The van der Waals surface area contributed by atoms with Gasteiger partial charge >= 0.3 is 0 Å². The maximum atomic E-state index is 11.7. The predicted octanol–water partition coefficient (Wildman–Crippen LogP) is 1.84. The number of anilines is 1. The average Bonchev–Trinajstić information content (AvgIpc) is 2.58. The molecule has 1 fully saturated rings. The Morgan fingerprint density at radius 1 is 1.23 bits per heavy atom. The average molecular weight is 294 g/mol. The summed E-state index contributed by atoms with van der Waals surface area (Å²) in [7, 11) is 1.69. The first kappa shape index (κ1) is 14.3. The molecule has 0 bridgehead atoms. The maximum Gasteiger partial charge on any atom is 0.255 e. The molecule has 22 heavy (non-hydrogen) atoms. The summed E-state index contributed by atoms with van der Waals surface area (Å²) < 4.78 is 1.46. The second-order valence-corrected chi connectivity index (χ2v) is 5.74. The van der Waals surface area contributed by atoms with Crippen LogP contribution in [0, 0.1) is 11.3 Å². The Morgan fingerprint density at radius 3 is 2.50 bits per heavy atom. The lowest BCUT2D eigenvalue weighted by atomic mass is 9.74. The third kappa shape index (κ3) is 2.48. The lowest BCUT2D eigenvalue weighted by Gasteiger charge is -2.38. The Hall–Kier alpha value is -2.61. The topological polar surface area (TPSA) is 61.9 Å². The Morgan fingerprint density at radius 2 is 1.91 bits per heavy atom. The second kappa shape index (κ2) is 5.64. The van der Waals surface area contributed by atoms with Crippen LogP contribution < -0.4 is 10.5 Å². The van der Waals surface area contributed by atoms with Crippen molar-refractivity contribution in [2.45, 2.75) is 18.3 Å². The van der Waals surface area contributed by atoms with E-state index >= 15 is 0 Å². The van der Waals surface area contributed by atoms with Gasteiger partial charge in [-0.25, -0.2) is 4.98 Å². The van der Waals surface area contributed by atoms with Crippen molar-refractivity contribution in [1.82, 2.24) is 9.55 Å². The SMILES string of the molecule is Cn1cnc(N2CCC(C#N)(c3ccccc3)CC2)cc1=O. The summed E-state index contributed by atoms with van der Waals surface area (Å²) in [5.74, 6) is 0.697. The number of rotatable bonds is 2. The number of hydrogen-bond acceptors (Lipinski definition) is 4. The second-order valence-electron chi connectivity index (χ2n) is 5.74. The summed E-state index contributed by atoms with van der Waals surface area (Å²) in [5, 5.41) is 9.69. The number of piperidine rings is 1. The summed E-state index contributed by atoms with van der Waals surface area (Å²) in [4.78, 5) is 18.1. The first-order valence-corrected chi connectivity index (χ1v) is 7.39. The van der Waals surface area contributed by atoms with E-state index in [9.17, 15) is 10.1 Å². The van der Waals surface area contributed by atoms with Crippen LogP contribution in [-0.2, 0) is 12.5 Å². The van der Waals surface area contributed by atoms with Crippen molar-refractivity contribution in [3.8, 4) is 6.07 Å². The van der Waals surface area contributed by atoms with Crippen LogP contribution in [0.5, 0.6) is 0 Å². The predicted molar refractivity (Wildman–Crippen MR) is 84.7 cm³/mol. The number of hydrogen-bond donors (Lipinski definition) is 0. The summed E-state index contributed by atoms with van der Waals surface area (Å²) in [6, 6.07) is 14.0. The third-order valence-electron chi connectivity index (χ3n) is 4.44. The molecule has 0 saturated carbocycles. The molecular weight excluding hydrogens is 276 g/mol. The van der Waals surface area contributed by atoms with Crippen LogP contribution in [0.1, 0.15) is 18.4 Å². The van der Waals surface area contributed by atoms with E-state index in [-0.39, 0.29) is 5.56 Å². The molecule has 0 spiro atoms. The third-order valence-corrected chi connectivity index (χ3v) is 4.44. The minimum absolute atomic E-state index is 0.0646. The highest BCUT2D eigenvalue weighted by Crippen LogP contribution is 2.35. The lowest BCUT2D eigenvalue weighted by molar-refractivity contribution is 0.414. The van der Waals surface area contributed by atoms with Gasteiger partial charge in [-0.15, -0.1) is 0 Å². The zero-order valence-electron chi connectivity index (χ0n) is 12.6. The molecular formula is C17H18N4O. The van der Waals surface area contributed by atoms with Gasteiger partial charge in [0.05, 0.1) is 17.8 Å². The van der Waals surface area contributed by atoms with Crippen LogP contribution in [0.2, 0.25) is 0 Å². The highest BCUT2D eigenvalue weighted by atomic mass is 16.1. The van der Waals surface area contributed by atoms with Gasteiger partial charge in [0, 0.05) is 26.2 Å². The normalized spacial score (nSPS) is 17.0. The van der Waals surface area contributed by atoms with E-state index < -0.39 is 5.41 Å². The molecule has 112 valence electrons. The Labute approximate surface area is 129 Å². The minimum atomic E-state index is -0.433. The lowest BCUT2D eigenvalue weighted by Crippen LogP contribution is -2.42. The van der Waals surface area contributed by atoms with Crippen molar-refractivity contribution in [2.24, 2.45) is 7.05 Å². The monoisotopic (exact) mass is 294 g/mol. The van der Waals surface area contributed by atoms with Crippen molar-refractivity contribution < 1.29 is 0 Å². The van der Waals surface area contributed by atoms with Gasteiger partial charge in [-0.05, 0) is 18.4 Å². The van der Waals surface area contributed by atoms with E-state index in [0.717, 1.165) is 31.5 Å².